The predicted octanol–water partition coefficient (Wildman–Crippen LogP) is 3.56. The number of carbonyl (C=O) groups is 2. The Kier molecular flexibility index (Phi) is 9.80. The van der Waals surface area contributed by atoms with Crippen LogP contribution in [0, 0.1) is 0 Å². The van der Waals surface area contributed by atoms with Crippen LogP contribution in [-0.2, 0) is 23.8 Å². The number of allylic oxidation sites excluding steroid dienone is 1. The van der Waals surface area contributed by atoms with Crippen molar-refractivity contribution in [2.75, 3.05) is 13.2 Å². The van der Waals surface area contributed by atoms with Crippen molar-refractivity contribution in [2.45, 2.75) is 78.1 Å². The van der Waals surface area contributed by atoms with Crippen molar-refractivity contribution < 1.29 is 23.8 Å². The number of rotatable bonds is 12. The maximum Gasteiger partial charge on any atom is 0.302 e. The molecule has 0 aromatic carbocycles. The molecule has 0 aliphatic heterocycles. The fraction of sp³-hybridized carbons (Fsp3) is 0.778. The van der Waals surface area contributed by atoms with Gasteiger partial charge in [0.15, 0.2) is 12.1 Å². The molecule has 0 aromatic heterocycles. The van der Waals surface area contributed by atoms with E-state index in [1.165, 1.54) is 6.92 Å². The molecule has 2 unspecified atom stereocenters. The van der Waals surface area contributed by atoms with Gasteiger partial charge in [-0.25, -0.2) is 0 Å². The van der Waals surface area contributed by atoms with Crippen molar-refractivity contribution in [2.24, 2.45) is 0 Å². The average Bonchev–Trinajstić information content (AvgIpc) is 2.81. The van der Waals surface area contributed by atoms with E-state index in [-0.39, 0.29) is 24.1 Å². The van der Waals surface area contributed by atoms with Crippen LogP contribution in [0.5, 0.6) is 0 Å². The van der Waals surface area contributed by atoms with Crippen molar-refractivity contribution in [1.29, 1.82) is 0 Å². The molecule has 1 aliphatic rings. The summed E-state index contributed by atoms with van der Waals surface area (Å²) in [6.07, 6.45) is 7.98. The molecule has 0 amide bonds. The summed E-state index contributed by atoms with van der Waals surface area (Å²) in [4.78, 5) is 22.6. The third-order valence-electron chi connectivity index (χ3n) is 3.80. The van der Waals surface area contributed by atoms with Gasteiger partial charge in [0.05, 0.1) is 12.7 Å². The molecule has 5 nitrogen and oxygen atoms in total. The average molecular weight is 326 g/mol. The molecule has 0 fully saturated rings. The first-order chi connectivity index (χ1) is 11.0. The number of ether oxygens (including phenoxy) is 3. The topological polar surface area (TPSA) is 61.8 Å². The van der Waals surface area contributed by atoms with Crippen molar-refractivity contribution in [3.05, 3.63) is 11.6 Å². The fourth-order valence-electron chi connectivity index (χ4n) is 2.68. The third-order valence-corrected chi connectivity index (χ3v) is 3.80. The minimum absolute atomic E-state index is 0.136. The van der Waals surface area contributed by atoms with E-state index in [0.29, 0.717) is 19.6 Å². The van der Waals surface area contributed by atoms with Crippen LogP contribution in [0.2, 0.25) is 0 Å². The van der Waals surface area contributed by atoms with Crippen LogP contribution >= 0.6 is 0 Å². The number of ketones is 1. The Balaban J connectivity index is 2.11. The van der Waals surface area contributed by atoms with Gasteiger partial charge in [0, 0.05) is 20.0 Å². The largest absolute Gasteiger partial charge is 0.466 e. The molecule has 1 rings (SSSR count). The Morgan fingerprint density at radius 1 is 1.26 bits per heavy atom. The van der Waals surface area contributed by atoms with Crippen LogP contribution in [0.3, 0.4) is 0 Å². The van der Waals surface area contributed by atoms with E-state index in [4.69, 9.17) is 14.2 Å². The molecule has 23 heavy (non-hydrogen) atoms. The van der Waals surface area contributed by atoms with Crippen molar-refractivity contribution >= 4 is 11.8 Å². The summed E-state index contributed by atoms with van der Waals surface area (Å²) in [6.45, 7) is 6.33. The normalized spacial score (nSPS) is 18.8. The summed E-state index contributed by atoms with van der Waals surface area (Å²) in [5.74, 6) is -0.0133. The lowest BCUT2D eigenvalue weighted by atomic mass is 10.0. The third kappa shape index (κ3) is 8.86. The molecule has 1 aliphatic carbocycles. The molecule has 0 heterocycles. The van der Waals surface area contributed by atoms with Gasteiger partial charge in [-0.05, 0) is 44.8 Å². The first-order valence-corrected chi connectivity index (χ1v) is 8.67. The molecule has 5 heteroatoms. The van der Waals surface area contributed by atoms with Gasteiger partial charge in [0.25, 0.3) is 0 Å². The Morgan fingerprint density at radius 3 is 2.65 bits per heavy atom. The van der Waals surface area contributed by atoms with Crippen LogP contribution in [-0.4, -0.2) is 37.4 Å². The van der Waals surface area contributed by atoms with Crippen molar-refractivity contribution in [1.82, 2.24) is 0 Å². The van der Waals surface area contributed by atoms with Gasteiger partial charge in [0.1, 0.15) is 0 Å². The second-order valence-corrected chi connectivity index (χ2v) is 5.87. The minimum Gasteiger partial charge on any atom is -0.466 e. The lowest BCUT2D eigenvalue weighted by Crippen LogP contribution is -2.20. The maximum atomic E-state index is 12.0. The summed E-state index contributed by atoms with van der Waals surface area (Å²) in [6, 6.07) is 0. The Morgan fingerprint density at radius 2 is 1.96 bits per heavy atom. The van der Waals surface area contributed by atoms with Crippen LogP contribution in [0.15, 0.2) is 11.6 Å². The van der Waals surface area contributed by atoms with E-state index in [1.807, 2.05) is 19.9 Å². The zero-order chi connectivity index (χ0) is 17.1. The van der Waals surface area contributed by atoms with E-state index in [0.717, 1.165) is 44.1 Å². The molecular formula is C18H30O5. The lowest BCUT2D eigenvalue weighted by Gasteiger charge is -2.16. The van der Waals surface area contributed by atoms with Crippen molar-refractivity contribution in [3.63, 3.8) is 0 Å². The number of esters is 1. The van der Waals surface area contributed by atoms with Gasteiger partial charge in [-0.15, -0.1) is 0 Å². The standard InChI is InChI=1S/C18H30O5/c1-4-21-15(3)23-17-12-16(18(20)13-17)10-8-6-5-7-9-11-22-14(2)19/h12,15,17H,4-11,13H2,1-3H3. The minimum atomic E-state index is -0.273. The summed E-state index contributed by atoms with van der Waals surface area (Å²) in [5.41, 5.74) is 0.901. The summed E-state index contributed by atoms with van der Waals surface area (Å²) in [5, 5.41) is 0. The Labute approximate surface area is 139 Å². The molecular weight excluding hydrogens is 296 g/mol. The number of carbonyl (C=O) groups excluding carboxylic acids is 2. The van der Waals surface area contributed by atoms with Gasteiger partial charge in [-0.3, -0.25) is 9.59 Å². The molecule has 2 atom stereocenters. The van der Waals surface area contributed by atoms with Gasteiger partial charge < -0.3 is 14.2 Å². The first kappa shape index (κ1) is 19.8. The Bertz CT molecular complexity index is 402. The fourth-order valence-corrected chi connectivity index (χ4v) is 2.68. The van der Waals surface area contributed by atoms with Crippen LogP contribution < -0.4 is 0 Å². The second kappa shape index (κ2) is 11.4. The summed E-state index contributed by atoms with van der Waals surface area (Å²) in [7, 11) is 0. The van der Waals surface area contributed by atoms with Crippen LogP contribution in [0.4, 0.5) is 0 Å². The first-order valence-electron chi connectivity index (χ1n) is 8.67. The van der Waals surface area contributed by atoms with Gasteiger partial charge >= 0.3 is 5.97 Å². The Hall–Kier alpha value is -1.20. The van der Waals surface area contributed by atoms with E-state index >= 15 is 0 Å². The zero-order valence-corrected chi connectivity index (χ0v) is 14.6. The molecule has 0 N–H and O–H groups in total. The van der Waals surface area contributed by atoms with E-state index in [9.17, 15) is 9.59 Å². The lowest BCUT2D eigenvalue weighted by molar-refractivity contribution is -0.148. The highest BCUT2D eigenvalue weighted by Crippen LogP contribution is 2.23. The smallest absolute Gasteiger partial charge is 0.302 e. The van der Waals surface area contributed by atoms with Gasteiger partial charge in [-0.2, -0.15) is 0 Å². The molecule has 132 valence electrons. The molecule has 0 spiro atoms. The SMILES string of the molecule is CCOC(C)OC1C=C(CCCCCCCOC(C)=O)C(=O)C1. The molecule has 0 saturated carbocycles. The highest BCUT2D eigenvalue weighted by atomic mass is 16.7. The maximum absolute atomic E-state index is 12.0. The van der Waals surface area contributed by atoms with E-state index < -0.39 is 0 Å². The number of hydrogen-bond donors (Lipinski definition) is 0. The van der Waals surface area contributed by atoms with Crippen molar-refractivity contribution in [3.8, 4) is 0 Å². The number of unbranched alkanes of at least 4 members (excludes halogenated alkanes) is 4. The van der Waals surface area contributed by atoms with E-state index in [2.05, 4.69) is 0 Å². The number of Topliss-reactive ketones (excluding diaryl/α,β-unsaturated/α-hetero) is 1. The molecule has 0 radical (unpaired) electrons. The summed E-state index contributed by atoms with van der Waals surface area (Å²) < 4.78 is 15.9. The molecule has 0 saturated heterocycles. The quantitative estimate of drug-likeness (QED) is 0.312. The summed E-state index contributed by atoms with van der Waals surface area (Å²) >= 11 is 0. The molecule has 0 bridgehead atoms. The van der Waals surface area contributed by atoms with Crippen LogP contribution in [0.1, 0.15) is 65.7 Å². The zero-order valence-electron chi connectivity index (χ0n) is 14.6. The van der Waals surface area contributed by atoms with Gasteiger partial charge in [0.2, 0.25) is 0 Å². The predicted molar refractivity (Wildman–Crippen MR) is 88.0 cm³/mol. The van der Waals surface area contributed by atoms with Crippen LogP contribution in [0.25, 0.3) is 0 Å². The monoisotopic (exact) mass is 326 g/mol. The van der Waals surface area contributed by atoms with Gasteiger partial charge in [-0.1, -0.05) is 19.3 Å². The second-order valence-electron chi connectivity index (χ2n) is 5.87. The highest BCUT2D eigenvalue weighted by molar-refractivity contribution is 5.98. The molecule has 0 aromatic rings. The van der Waals surface area contributed by atoms with E-state index in [1.54, 1.807) is 0 Å². The highest BCUT2D eigenvalue weighted by Gasteiger charge is 2.25. The number of hydrogen-bond acceptors (Lipinski definition) is 5.